The van der Waals surface area contributed by atoms with Crippen molar-refractivity contribution in [3.8, 4) is 17.2 Å². The maximum atomic E-state index is 11.5. The van der Waals surface area contributed by atoms with Crippen LogP contribution in [0.3, 0.4) is 0 Å². The smallest absolute Gasteiger partial charge is 0.308 e. The van der Waals surface area contributed by atoms with E-state index in [0.717, 1.165) is 11.1 Å². The number of benzene rings is 2. The van der Waals surface area contributed by atoms with Gasteiger partial charge in [-0.3, -0.25) is 14.4 Å². The van der Waals surface area contributed by atoms with Crippen molar-refractivity contribution >= 4 is 28.7 Å². The van der Waals surface area contributed by atoms with Gasteiger partial charge >= 0.3 is 17.9 Å². The Bertz CT molecular complexity index is 850. The number of carbonyl (C=O) groups excluding carboxylic acids is 3. The number of hydrogen-bond donors (Lipinski definition) is 0. The summed E-state index contributed by atoms with van der Waals surface area (Å²) in [7, 11) is 0. The number of esters is 3. The van der Waals surface area contributed by atoms with E-state index in [1.54, 1.807) is 6.07 Å². The van der Waals surface area contributed by atoms with Gasteiger partial charge < -0.3 is 14.2 Å². The second-order valence-corrected chi connectivity index (χ2v) is 5.46. The number of fused-ring (bicyclic) bond motifs is 1. The minimum atomic E-state index is -0.583. The second kappa shape index (κ2) is 6.70. The molecule has 126 valence electrons. The molecule has 0 saturated heterocycles. The topological polar surface area (TPSA) is 78.9 Å². The van der Waals surface area contributed by atoms with Gasteiger partial charge in [0, 0.05) is 37.6 Å². The first-order valence-corrected chi connectivity index (χ1v) is 7.32. The molecular formula is C18H18O6. The van der Waals surface area contributed by atoms with E-state index in [0.29, 0.717) is 10.8 Å². The highest BCUT2D eigenvalue weighted by atomic mass is 16.6. The van der Waals surface area contributed by atoms with Crippen molar-refractivity contribution in [2.45, 2.75) is 34.6 Å². The van der Waals surface area contributed by atoms with Gasteiger partial charge in [0.15, 0.2) is 11.5 Å². The molecule has 2 rings (SSSR count). The van der Waals surface area contributed by atoms with E-state index in [1.165, 1.54) is 26.8 Å². The Balaban J connectivity index is 2.86. The molecular weight excluding hydrogens is 312 g/mol. The summed E-state index contributed by atoms with van der Waals surface area (Å²) in [5.41, 5.74) is 1.93. The molecule has 6 heteroatoms. The normalized spacial score (nSPS) is 10.4. The summed E-state index contributed by atoms with van der Waals surface area (Å²) < 4.78 is 15.6. The first kappa shape index (κ1) is 17.5. The third-order valence-corrected chi connectivity index (χ3v) is 3.38. The van der Waals surface area contributed by atoms with Crippen LogP contribution in [0.2, 0.25) is 0 Å². The Hall–Kier alpha value is -2.89. The van der Waals surface area contributed by atoms with Crippen molar-refractivity contribution in [3.63, 3.8) is 0 Å². The molecule has 0 aliphatic rings. The standard InChI is InChI=1S/C18H18O6/c1-9-6-14-15(7-10(9)2)18(24-13(5)21)17(23-12(4)20)8-16(14)22-11(3)19/h6-8H,1-5H3. The highest BCUT2D eigenvalue weighted by Crippen LogP contribution is 2.43. The summed E-state index contributed by atoms with van der Waals surface area (Å²) >= 11 is 0. The lowest BCUT2D eigenvalue weighted by atomic mass is 10.0. The zero-order valence-electron chi connectivity index (χ0n) is 14.2. The lowest BCUT2D eigenvalue weighted by molar-refractivity contribution is -0.134. The Morgan fingerprint density at radius 1 is 0.667 bits per heavy atom. The summed E-state index contributed by atoms with van der Waals surface area (Å²) in [6, 6.07) is 4.99. The number of aryl methyl sites for hydroxylation is 2. The monoisotopic (exact) mass is 330 g/mol. The van der Waals surface area contributed by atoms with Crippen molar-refractivity contribution in [3.05, 3.63) is 29.3 Å². The molecule has 0 unspecified atom stereocenters. The van der Waals surface area contributed by atoms with E-state index in [-0.39, 0.29) is 17.2 Å². The number of carbonyl (C=O) groups is 3. The van der Waals surface area contributed by atoms with Gasteiger partial charge in [0.25, 0.3) is 0 Å². The molecule has 0 aliphatic heterocycles. The largest absolute Gasteiger partial charge is 0.426 e. The molecule has 0 bridgehead atoms. The molecule has 24 heavy (non-hydrogen) atoms. The molecule has 2 aromatic carbocycles. The van der Waals surface area contributed by atoms with E-state index in [9.17, 15) is 14.4 Å². The lowest BCUT2D eigenvalue weighted by Crippen LogP contribution is -2.09. The molecule has 6 nitrogen and oxygen atoms in total. The average molecular weight is 330 g/mol. The van der Waals surface area contributed by atoms with Crippen molar-refractivity contribution < 1.29 is 28.6 Å². The first-order valence-electron chi connectivity index (χ1n) is 7.32. The van der Waals surface area contributed by atoms with Crippen LogP contribution in [0, 0.1) is 13.8 Å². The quantitative estimate of drug-likeness (QED) is 0.635. The minimum Gasteiger partial charge on any atom is -0.426 e. The fourth-order valence-electron chi connectivity index (χ4n) is 2.32. The van der Waals surface area contributed by atoms with E-state index in [1.807, 2.05) is 19.9 Å². The maximum Gasteiger partial charge on any atom is 0.308 e. The van der Waals surface area contributed by atoms with E-state index >= 15 is 0 Å². The van der Waals surface area contributed by atoms with Crippen LogP contribution < -0.4 is 14.2 Å². The molecule has 0 spiro atoms. The highest BCUT2D eigenvalue weighted by Gasteiger charge is 2.20. The van der Waals surface area contributed by atoms with Crippen molar-refractivity contribution in [2.24, 2.45) is 0 Å². The van der Waals surface area contributed by atoms with Gasteiger partial charge in [-0.05, 0) is 37.1 Å². The van der Waals surface area contributed by atoms with E-state index in [4.69, 9.17) is 14.2 Å². The van der Waals surface area contributed by atoms with Crippen molar-refractivity contribution in [1.29, 1.82) is 0 Å². The predicted molar refractivity (Wildman–Crippen MR) is 87.3 cm³/mol. The molecule has 0 heterocycles. The van der Waals surface area contributed by atoms with Gasteiger partial charge in [-0.25, -0.2) is 0 Å². The summed E-state index contributed by atoms with van der Waals surface area (Å²) in [5, 5.41) is 1.10. The fraction of sp³-hybridized carbons (Fsp3) is 0.278. The predicted octanol–water partition coefficient (Wildman–Crippen LogP) is 3.23. The molecule has 0 aliphatic carbocycles. The minimum absolute atomic E-state index is 0.0182. The molecule has 2 aromatic rings. The van der Waals surface area contributed by atoms with Crippen LogP contribution in [0.1, 0.15) is 31.9 Å². The van der Waals surface area contributed by atoms with Gasteiger partial charge in [-0.2, -0.15) is 0 Å². The number of hydrogen-bond acceptors (Lipinski definition) is 6. The van der Waals surface area contributed by atoms with Crippen molar-refractivity contribution in [2.75, 3.05) is 0 Å². The maximum absolute atomic E-state index is 11.5. The Kier molecular flexibility index (Phi) is 4.87. The molecule has 0 amide bonds. The van der Waals surface area contributed by atoms with Gasteiger partial charge in [-0.1, -0.05) is 0 Å². The summed E-state index contributed by atoms with van der Waals surface area (Å²) in [6.07, 6.45) is 0. The molecule has 0 radical (unpaired) electrons. The SMILES string of the molecule is CC(=O)Oc1cc(OC(C)=O)c2cc(C)c(C)cc2c1OC(C)=O. The van der Waals surface area contributed by atoms with E-state index in [2.05, 4.69) is 0 Å². The zero-order valence-corrected chi connectivity index (χ0v) is 14.2. The zero-order chi connectivity index (χ0) is 18.0. The Morgan fingerprint density at radius 2 is 1.12 bits per heavy atom. The fourth-order valence-corrected chi connectivity index (χ4v) is 2.32. The van der Waals surface area contributed by atoms with Crippen molar-refractivity contribution in [1.82, 2.24) is 0 Å². The third-order valence-electron chi connectivity index (χ3n) is 3.38. The van der Waals surface area contributed by atoms with E-state index < -0.39 is 17.9 Å². The highest BCUT2D eigenvalue weighted by molar-refractivity contribution is 5.99. The van der Waals surface area contributed by atoms with Crippen LogP contribution in [0.5, 0.6) is 17.2 Å². The Morgan fingerprint density at radius 3 is 1.62 bits per heavy atom. The molecule has 0 atom stereocenters. The van der Waals surface area contributed by atoms with Gasteiger partial charge in [0.2, 0.25) is 0 Å². The summed E-state index contributed by atoms with van der Waals surface area (Å²) in [6.45, 7) is 7.57. The second-order valence-electron chi connectivity index (χ2n) is 5.46. The molecule has 0 N–H and O–H groups in total. The molecule has 0 saturated carbocycles. The van der Waals surface area contributed by atoms with Crippen LogP contribution in [0.15, 0.2) is 18.2 Å². The lowest BCUT2D eigenvalue weighted by Gasteiger charge is -2.16. The van der Waals surface area contributed by atoms with Crippen LogP contribution in [0.4, 0.5) is 0 Å². The van der Waals surface area contributed by atoms with Crippen LogP contribution in [0.25, 0.3) is 10.8 Å². The summed E-state index contributed by atoms with van der Waals surface area (Å²) in [5.74, 6) is -1.28. The molecule has 0 fully saturated rings. The number of rotatable bonds is 3. The van der Waals surface area contributed by atoms with Gasteiger partial charge in [0.1, 0.15) is 5.75 Å². The van der Waals surface area contributed by atoms with Gasteiger partial charge in [0.05, 0.1) is 0 Å². The Labute approximate surface area is 139 Å². The molecule has 0 aromatic heterocycles. The first-order chi connectivity index (χ1) is 11.2. The van der Waals surface area contributed by atoms with Crippen LogP contribution in [-0.2, 0) is 14.4 Å². The summed E-state index contributed by atoms with van der Waals surface area (Å²) in [4.78, 5) is 34.2. The average Bonchev–Trinajstić information content (AvgIpc) is 2.43. The van der Waals surface area contributed by atoms with Crippen LogP contribution in [-0.4, -0.2) is 17.9 Å². The number of ether oxygens (including phenoxy) is 3. The third kappa shape index (κ3) is 3.71. The van der Waals surface area contributed by atoms with Crippen LogP contribution >= 0.6 is 0 Å². The van der Waals surface area contributed by atoms with Gasteiger partial charge in [-0.15, -0.1) is 0 Å².